The Balaban J connectivity index is 2.54. The molecule has 0 spiro atoms. The summed E-state index contributed by atoms with van der Waals surface area (Å²) >= 11 is 0. The summed E-state index contributed by atoms with van der Waals surface area (Å²) in [7, 11) is -3.45. The van der Waals surface area contributed by atoms with Crippen molar-refractivity contribution in [3.8, 4) is 11.1 Å². The molecule has 0 saturated carbocycles. The Bertz CT molecular complexity index is 696. The van der Waals surface area contributed by atoms with Crippen LogP contribution in [0.3, 0.4) is 0 Å². The van der Waals surface area contributed by atoms with E-state index in [1.165, 1.54) is 18.3 Å². The zero-order chi connectivity index (χ0) is 15.6. The van der Waals surface area contributed by atoms with Gasteiger partial charge in [-0.05, 0) is 44.0 Å². The highest BCUT2D eigenvalue weighted by Crippen LogP contribution is 2.39. The molecule has 2 aromatic rings. The normalized spacial score (nSPS) is 12.0. The van der Waals surface area contributed by atoms with Gasteiger partial charge in [0, 0.05) is 17.3 Å². The van der Waals surface area contributed by atoms with Crippen molar-refractivity contribution in [2.45, 2.75) is 20.8 Å². The molecule has 0 N–H and O–H groups in total. The van der Waals surface area contributed by atoms with E-state index in [1.807, 2.05) is 26.8 Å². The molecule has 0 amide bonds. The second-order valence-electron chi connectivity index (χ2n) is 4.73. The van der Waals surface area contributed by atoms with Gasteiger partial charge in [-0.3, -0.25) is 4.98 Å². The van der Waals surface area contributed by atoms with Crippen molar-refractivity contribution in [2.24, 2.45) is 0 Å². The van der Waals surface area contributed by atoms with E-state index >= 15 is 0 Å². The molecule has 1 nitrogen and oxygen atoms in total. The van der Waals surface area contributed by atoms with Gasteiger partial charge in [0.2, 0.25) is 0 Å². The van der Waals surface area contributed by atoms with Gasteiger partial charge in [-0.1, -0.05) is 18.2 Å². The van der Waals surface area contributed by atoms with Gasteiger partial charge in [0.15, 0.2) is 0 Å². The van der Waals surface area contributed by atoms with Crippen LogP contribution in [0.25, 0.3) is 16.7 Å². The molecule has 0 aliphatic carbocycles. The first-order chi connectivity index (χ1) is 9.95. The molecule has 110 valence electrons. The molecule has 0 radical (unpaired) electrons. The lowest BCUT2D eigenvalue weighted by Gasteiger charge is -2.10. The molecule has 1 aromatic heterocycles. The first-order valence-electron chi connectivity index (χ1n) is 6.46. The van der Waals surface area contributed by atoms with E-state index in [0.29, 0.717) is 5.56 Å². The minimum atomic E-state index is -3.45. The molecule has 5 heteroatoms. The average molecular weight is 309 g/mol. The van der Waals surface area contributed by atoms with Gasteiger partial charge in [0.05, 0.1) is 11.0 Å². The maximum atomic E-state index is 14.2. The highest BCUT2D eigenvalue weighted by molar-refractivity contribution is 7.55. The van der Waals surface area contributed by atoms with Crippen molar-refractivity contribution in [2.75, 3.05) is 0 Å². The number of benzene rings is 1. The molecule has 0 saturated heterocycles. The third-order valence-corrected chi connectivity index (χ3v) is 4.07. The van der Waals surface area contributed by atoms with Crippen LogP contribution in [-0.2, 0) is 0 Å². The maximum Gasteiger partial charge on any atom is 0.301 e. The first kappa shape index (κ1) is 15.7. The van der Waals surface area contributed by atoms with Crippen LogP contribution < -0.4 is 5.30 Å². The zero-order valence-corrected chi connectivity index (χ0v) is 12.9. The van der Waals surface area contributed by atoms with Crippen LogP contribution in [0.15, 0.2) is 36.5 Å². The standard InChI is InChI=1S/C16H15F3NP/c1-4-10(2)16-11(3)8-12(9-20-16)13-6-5-7-14(15(13)17)21(18)19/h4-9H,1-3H3/b10-4-. The van der Waals surface area contributed by atoms with E-state index in [1.54, 1.807) is 6.07 Å². The SMILES string of the molecule is C/C=C(/C)c1ncc(-c2cccc(P(F)F)c2F)cc1C. The molecule has 1 aromatic carbocycles. The molecular weight excluding hydrogens is 294 g/mol. The molecular formula is C16H15F3NP. The van der Waals surface area contributed by atoms with Crippen molar-refractivity contribution >= 4 is 19.4 Å². The van der Waals surface area contributed by atoms with Crippen molar-refractivity contribution in [1.82, 2.24) is 4.98 Å². The van der Waals surface area contributed by atoms with Crippen molar-refractivity contribution in [3.63, 3.8) is 0 Å². The van der Waals surface area contributed by atoms with Gasteiger partial charge < -0.3 is 0 Å². The third kappa shape index (κ3) is 3.16. The van der Waals surface area contributed by atoms with Crippen LogP contribution in [-0.4, -0.2) is 4.98 Å². The lowest BCUT2D eigenvalue weighted by atomic mass is 10.0. The summed E-state index contributed by atoms with van der Waals surface area (Å²) in [5.41, 5.74) is 3.41. The minimum absolute atomic E-state index is 0.163. The number of rotatable bonds is 3. The minimum Gasteiger partial charge on any atom is -0.256 e. The van der Waals surface area contributed by atoms with E-state index in [0.717, 1.165) is 22.9 Å². The Labute approximate surface area is 123 Å². The summed E-state index contributed by atoms with van der Waals surface area (Å²) in [6, 6.07) is 5.85. The number of hydrogen-bond acceptors (Lipinski definition) is 1. The number of nitrogens with zero attached hydrogens (tertiary/aromatic N) is 1. The molecule has 0 aliphatic rings. The monoisotopic (exact) mass is 309 g/mol. The Morgan fingerprint density at radius 3 is 2.57 bits per heavy atom. The van der Waals surface area contributed by atoms with Crippen molar-refractivity contribution < 1.29 is 12.8 Å². The summed E-state index contributed by atoms with van der Waals surface area (Å²) < 4.78 is 39.8. The highest BCUT2D eigenvalue weighted by Gasteiger charge is 2.18. The zero-order valence-electron chi connectivity index (χ0n) is 12.0. The topological polar surface area (TPSA) is 12.9 Å². The first-order valence-corrected chi connectivity index (χ1v) is 7.58. The summed E-state index contributed by atoms with van der Waals surface area (Å²) in [4.78, 5) is 4.32. The van der Waals surface area contributed by atoms with E-state index in [-0.39, 0.29) is 5.56 Å². The predicted molar refractivity (Wildman–Crippen MR) is 82.5 cm³/mol. The van der Waals surface area contributed by atoms with Gasteiger partial charge >= 0.3 is 8.54 Å². The summed E-state index contributed by atoms with van der Waals surface area (Å²) in [6.45, 7) is 5.73. The highest BCUT2D eigenvalue weighted by atomic mass is 31.2. The Morgan fingerprint density at radius 2 is 2.00 bits per heavy atom. The predicted octanol–water partition coefficient (Wildman–Crippen LogP) is 5.50. The molecule has 0 bridgehead atoms. The summed E-state index contributed by atoms with van der Waals surface area (Å²) in [5, 5.41) is -0.520. The largest absolute Gasteiger partial charge is 0.301 e. The lowest BCUT2D eigenvalue weighted by Crippen LogP contribution is -2.05. The quantitative estimate of drug-likeness (QED) is 0.683. The average Bonchev–Trinajstić information content (AvgIpc) is 2.46. The molecule has 0 aliphatic heterocycles. The molecule has 2 rings (SSSR count). The molecule has 0 atom stereocenters. The van der Waals surface area contributed by atoms with Crippen molar-refractivity contribution in [3.05, 3.63) is 53.6 Å². The number of aryl methyl sites for hydroxylation is 1. The van der Waals surface area contributed by atoms with Crippen molar-refractivity contribution in [1.29, 1.82) is 0 Å². The van der Waals surface area contributed by atoms with Crippen LogP contribution in [0.1, 0.15) is 25.1 Å². The van der Waals surface area contributed by atoms with E-state index in [2.05, 4.69) is 4.98 Å². The molecule has 0 unspecified atom stereocenters. The third-order valence-electron chi connectivity index (χ3n) is 3.36. The second-order valence-corrected chi connectivity index (χ2v) is 5.68. The summed E-state index contributed by atoms with van der Waals surface area (Å²) in [5.74, 6) is -0.856. The van der Waals surface area contributed by atoms with Gasteiger partial charge in [0.1, 0.15) is 5.82 Å². The number of halogens is 3. The lowest BCUT2D eigenvalue weighted by molar-refractivity contribution is 0.635. The van der Waals surface area contributed by atoms with E-state index < -0.39 is 19.7 Å². The fourth-order valence-electron chi connectivity index (χ4n) is 2.14. The van der Waals surface area contributed by atoms with Crippen LogP contribution in [0.2, 0.25) is 0 Å². The Hall–Kier alpha value is -1.67. The second kappa shape index (κ2) is 6.40. The number of aromatic nitrogens is 1. The fourth-order valence-corrected chi connectivity index (χ4v) is 2.61. The van der Waals surface area contributed by atoms with E-state index in [9.17, 15) is 12.8 Å². The van der Waals surface area contributed by atoms with Gasteiger partial charge in [0.25, 0.3) is 0 Å². The van der Waals surface area contributed by atoms with Crippen LogP contribution in [0, 0.1) is 12.7 Å². The van der Waals surface area contributed by atoms with Gasteiger partial charge in [-0.25, -0.2) is 4.39 Å². The summed E-state index contributed by atoms with van der Waals surface area (Å²) in [6.07, 6.45) is 3.46. The van der Waals surface area contributed by atoms with Gasteiger partial charge in [-0.2, -0.15) is 8.39 Å². The van der Waals surface area contributed by atoms with Crippen LogP contribution >= 0.6 is 8.54 Å². The van der Waals surface area contributed by atoms with Gasteiger partial charge in [-0.15, -0.1) is 0 Å². The fraction of sp³-hybridized carbons (Fsp3) is 0.188. The smallest absolute Gasteiger partial charge is 0.256 e. The van der Waals surface area contributed by atoms with Crippen LogP contribution in [0.4, 0.5) is 12.8 Å². The molecule has 21 heavy (non-hydrogen) atoms. The number of allylic oxidation sites excluding steroid dienone is 2. The van der Waals surface area contributed by atoms with Crippen LogP contribution in [0.5, 0.6) is 0 Å². The molecule has 0 fully saturated rings. The Morgan fingerprint density at radius 1 is 1.29 bits per heavy atom. The number of pyridine rings is 1. The maximum absolute atomic E-state index is 14.2. The number of hydrogen-bond donors (Lipinski definition) is 0. The molecule has 1 heterocycles. The Kier molecular flexibility index (Phi) is 4.79. The van der Waals surface area contributed by atoms with E-state index in [4.69, 9.17) is 0 Å².